The van der Waals surface area contributed by atoms with Crippen LogP contribution in [0.15, 0.2) is 84.9 Å². The largest absolute Gasteiger partial charge is 0.457 e. The highest BCUT2D eigenvalue weighted by atomic mass is 19.1. The standard InChI is InChI=1S/C28H25FN2O5/c1-27(2,31-23(32)21-16-10-11-17-22(21)24(31)33)25(34)30(3)28(29,20-14-8-5-9-15-20)26(35)36-18-19-12-6-4-7-13-19/h4-17H,18H2,1-3H3/t28-/m0/s1. The third kappa shape index (κ3) is 4.04. The van der Waals surface area contributed by atoms with Gasteiger partial charge in [0.05, 0.1) is 11.1 Å². The van der Waals surface area contributed by atoms with Crippen molar-refractivity contribution in [2.24, 2.45) is 0 Å². The summed E-state index contributed by atoms with van der Waals surface area (Å²) in [7, 11) is 1.11. The predicted octanol–water partition coefficient (Wildman–Crippen LogP) is 4.09. The maximum absolute atomic E-state index is 16.8. The second-order valence-corrected chi connectivity index (χ2v) is 8.96. The summed E-state index contributed by atoms with van der Waals surface area (Å²) in [5.41, 5.74) is -0.988. The van der Waals surface area contributed by atoms with Crippen LogP contribution in [0.3, 0.4) is 0 Å². The first kappa shape index (κ1) is 24.8. The number of esters is 1. The Hall–Kier alpha value is -4.33. The highest BCUT2D eigenvalue weighted by Crippen LogP contribution is 2.36. The van der Waals surface area contributed by atoms with Crippen LogP contribution in [0, 0.1) is 0 Å². The van der Waals surface area contributed by atoms with Crippen LogP contribution in [-0.4, -0.2) is 46.1 Å². The van der Waals surface area contributed by atoms with Crippen molar-refractivity contribution in [2.45, 2.75) is 31.8 Å². The van der Waals surface area contributed by atoms with E-state index in [9.17, 15) is 19.2 Å². The van der Waals surface area contributed by atoms with Crippen LogP contribution in [0.5, 0.6) is 0 Å². The summed E-state index contributed by atoms with van der Waals surface area (Å²) >= 11 is 0. The molecule has 0 aromatic heterocycles. The van der Waals surface area contributed by atoms with E-state index in [4.69, 9.17) is 4.74 Å². The summed E-state index contributed by atoms with van der Waals surface area (Å²) in [5.74, 6) is -6.62. The lowest BCUT2D eigenvalue weighted by Gasteiger charge is -2.40. The first-order chi connectivity index (χ1) is 17.1. The number of nitrogens with zero attached hydrogens (tertiary/aromatic N) is 2. The van der Waals surface area contributed by atoms with Crippen molar-refractivity contribution >= 4 is 23.7 Å². The SMILES string of the molecule is CN(C(=O)C(C)(C)N1C(=O)c2ccccc2C1=O)[C@](F)(C(=O)OCc1ccccc1)c1ccccc1. The summed E-state index contributed by atoms with van der Waals surface area (Å²) in [5, 5.41) is 0. The molecule has 3 aromatic carbocycles. The number of hydrogen-bond acceptors (Lipinski definition) is 5. The van der Waals surface area contributed by atoms with Gasteiger partial charge in [-0.1, -0.05) is 72.8 Å². The Morgan fingerprint density at radius 3 is 1.83 bits per heavy atom. The van der Waals surface area contributed by atoms with Gasteiger partial charge in [-0.2, -0.15) is 0 Å². The molecule has 184 valence electrons. The second-order valence-electron chi connectivity index (χ2n) is 8.96. The molecular weight excluding hydrogens is 463 g/mol. The first-order valence-corrected chi connectivity index (χ1v) is 11.3. The molecule has 0 spiro atoms. The second kappa shape index (κ2) is 9.37. The van der Waals surface area contributed by atoms with Crippen LogP contribution in [-0.2, 0) is 26.7 Å². The predicted molar refractivity (Wildman–Crippen MR) is 129 cm³/mol. The molecule has 0 bridgehead atoms. The molecule has 0 aliphatic carbocycles. The minimum Gasteiger partial charge on any atom is -0.457 e. The molecule has 1 heterocycles. The molecule has 3 aromatic rings. The molecule has 3 amide bonds. The van der Waals surface area contributed by atoms with Crippen molar-refractivity contribution in [3.63, 3.8) is 0 Å². The Kier molecular flexibility index (Phi) is 6.45. The number of rotatable bonds is 7. The fourth-order valence-corrected chi connectivity index (χ4v) is 4.27. The molecule has 1 aliphatic rings. The highest BCUT2D eigenvalue weighted by Gasteiger charge is 2.55. The van der Waals surface area contributed by atoms with E-state index in [-0.39, 0.29) is 23.3 Å². The zero-order valence-electron chi connectivity index (χ0n) is 20.1. The molecule has 0 saturated heterocycles. The molecule has 4 rings (SSSR count). The molecule has 0 unspecified atom stereocenters. The van der Waals surface area contributed by atoms with Gasteiger partial charge < -0.3 is 4.74 Å². The van der Waals surface area contributed by atoms with E-state index in [0.29, 0.717) is 10.5 Å². The lowest BCUT2D eigenvalue weighted by Crippen LogP contribution is -2.62. The Bertz CT molecular complexity index is 1290. The van der Waals surface area contributed by atoms with E-state index in [1.165, 1.54) is 50.2 Å². The van der Waals surface area contributed by atoms with Gasteiger partial charge in [-0.05, 0) is 31.5 Å². The average molecular weight is 489 g/mol. The highest BCUT2D eigenvalue weighted by molar-refractivity contribution is 6.23. The lowest BCUT2D eigenvalue weighted by molar-refractivity contribution is -0.183. The topological polar surface area (TPSA) is 84.0 Å². The van der Waals surface area contributed by atoms with E-state index >= 15 is 4.39 Å². The quantitative estimate of drug-likeness (QED) is 0.284. The number of benzene rings is 3. The number of amides is 3. The minimum atomic E-state index is -3.02. The number of imide groups is 1. The van der Waals surface area contributed by atoms with Gasteiger partial charge in [0.2, 0.25) is 0 Å². The van der Waals surface area contributed by atoms with Crippen molar-refractivity contribution in [2.75, 3.05) is 7.05 Å². The molecule has 7 nitrogen and oxygen atoms in total. The number of carbonyl (C=O) groups is 4. The number of ether oxygens (including phenoxy) is 1. The molecule has 1 atom stereocenters. The minimum absolute atomic E-state index is 0.128. The molecule has 36 heavy (non-hydrogen) atoms. The van der Waals surface area contributed by atoms with Gasteiger partial charge in [-0.25, -0.2) is 9.18 Å². The van der Waals surface area contributed by atoms with E-state index in [2.05, 4.69) is 0 Å². The van der Waals surface area contributed by atoms with Crippen LogP contribution < -0.4 is 0 Å². The maximum Gasteiger partial charge on any atom is 0.370 e. The van der Waals surface area contributed by atoms with Crippen molar-refractivity contribution in [1.29, 1.82) is 0 Å². The number of carbonyl (C=O) groups excluding carboxylic acids is 4. The molecule has 0 fully saturated rings. The zero-order valence-corrected chi connectivity index (χ0v) is 20.1. The van der Waals surface area contributed by atoms with Crippen molar-refractivity contribution in [3.05, 3.63) is 107 Å². The van der Waals surface area contributed by atoms with Gasteiger partial charge in [0.15, 0.2) is 0 Å². The monoisotopic (exact) mass is 488 g/mol. The lowest BCUT2D eigenvalue weighted by atomic mass is 9.96. The summed E-state index contributed by atoms with van der Waals surface area (Å²) in [6, 6.07) is 22.4. The number of alkyl halides is 1. The van der Waals surface area contributed by atoms with Crippen LogP contribution in [0.1, 0.15) is 45.7 Å². The fourth-order valence-electron chi connectivity index (χ4n) is 4.27. The summed E-state index contributed by atoms with van der Waals surface area (Å²) in [6.45, 7) is 2.48. The normalized spacial score (nSPS) is 14.7. The van der Waals surface area contributed by atoms with Gasteiger partial charge in [0, 0.05) is 12.6 Å². The van der Waals surface area contributed by atoms with Gasteiger partial charge in [-0.3, -0.25) is 24.2 Å². The van der Waals surface area contributed by atoms with Gasteiger partial charge >= 0.3 is 11.8 Å². The Labute approximate surface area is 208 Å². The third-order valence-corrected chi connectivity index (χ3v) is 6.28. The van der Waals surface area contributed by atoms with Crippen LogP contribution in [0.4, 0.5) is 4.39 Å². The number of fused-ring (bicyclic) bond motifs is 1. The number of likely N-dealkylation sites (N-methyl/N-ethyl adjacent to an activating group) is 1. The van der Waals surface area contributed by atoms with E-state index in [0.717, 1.165) is 11.9 Å². The van der Waals surface area contributed by atoms with Crippen molar-refractivity contribution in [1.82, 2.24) is 9.80 Å². The van der Waals surface area contributed by atoms with Crippen LogP contribution in [0.25, 0.3) is 0 Å². The van der Waals surface area contributed by atoms with Gasteiger partial charge in [0.25, 0.3) is 17.7 Å². The van der Waals surface area contributed by atoms with Crippen LogP contribution in [0.2, 0.25) is 0 Å². The molecular formula is C28H25FN2O5. The summed E-state index contributed by atoms with van der Waals surface area (Å²) in [4.78, 5) is 54.4. The van der Waals surface area contributed by atoms with Gasteiger partial charge in [0.1, 0.15) is 12.1 Å². The number of halogens is 1. The molecule has 0 N–H and O–H groups in total. The van der Waals surface area contributed by atoms with Crippen LogP contribution >= 0.6 is 0 Å². The average Bonchev–Trinajstić information content (AvgIpc) is 3.17. The zero-order chi connectivity index (χ0) is 26.1. The Balaban J connectivity index is 1.67. The van der Waals surface area contributed by atoms with E-state index in [1.54, 1.807) is 48.5 Å². The third-order valence-electron chi connectivity index (χ3n) is 6.28. The molecule has 8 heteroatoms. The maximum atomic E-state index is 16.8. The van der Waals surface area contributed by atoms with Gasteiger partial charge in [-0.15, -0.1) is 0 Å². The van der Waals surface area contributed by atoms with Crippen molar-refractivity contribution < 1.29 is 28.3 Å². The summed E-state index contributed by atoms with van der Waals surface area (Å²) < 4.78 is 22.1. The first-order valence-electron chi connectivity index (χ1n) is 11.3. The summed E-state index contributed by atoms with van der Waals surface area (Å²) in [6.07, 6.45) is 0. The molecule has 0 saturated carbocycles. The van der Waals surface area contributed by atoms with Crippen molar-refractivity contribution in [3.8, 4) is 0 Å². The number of hydrogen-bond donors (Lipinski definition) is 0. The van der Waals surface area contributed by atoms with E-state index < -0.39 is 35.0 Å². The molecule has 1 aliphatic heterocycles. The van der Waals surface area contributed by atoms with E-state index in [1.807, 2.05) is 0 Å². The smallest absolute Gasteiger partial charge is 0.370 e. The fraction of sp³-hybridized carbons (Fsp3) is 0.214. The Morgan fingerprint density at radius 1 is 0.833 bits per heavy atom. The Morgan fingerprint density at radius 2 is 1.31 bits per heavy atom. The molecule has 0 radical (unpaired) electrons.